The van der Waals surface area contributed by atoms with Crippen LogP contribution in [0.1, 0.15) is 5.56 Å². The molecule has 3 rings (SSSR count). The Balaban J connectivity index is 2.05. The van der Waals surface area contributed by atoms with E-state index >= 15 is 0 Å². The molecule has 0 saturated carbocycles. The number of hydrogen-bond donors (Lipinski definition) is 2. The zero-order chi connectivity index (χ0) is 13.4. The van der Waals surface area contributed by atoms with Crippen LogP contribution in [-0.2, 0) is 0 Å². The maximum Gasteiger partial charge on any atom is 0.233 e. The predicted molar refractivity (Wildman–Crippen MR) is 75.7 cm³/mol. The molecular weight excluding hydrogens is 242 g/mol. The first-order chi connectivity index (χ1) is 9.15. The highest BCUT2D eigenvalue weighted by atomic mass is 16.8. The van der Waals surface area contributed by atoms with Crippen molar-refractivity contribution in [3.05, 3.63) is 69.9 Å². The lowest BCUT2D eigenvalue weighted by Crippen LogP contribution is -2.17. The Morgan fingerprint density at radius 3 is 2.53 bits per heavy atom. The van der Waals surface area contributed by atoms with Crippen molar-refractivity contribution in [2.75, 3.05) is 10.6 Å². The predicted octanol–water partition coefficient (Wildman–Crippen LogP) is 2.62. The topological polar surface area (TPSA) is 73.2 Å². The van der Waals surface area contributed by atoms with E-state index in [0.29, 0.717) is 11.4 Å². The summed E-state index contributed by atoms with van der Waals surface area (Å²) in [4.78, 5) is -0.375. The Labute approximate surface area is 110 Å². The summed E-state index contributed by atoms with van der Waals surface area (Å²) in [5.74, 6) is 0.646. The molecule has 1 aromatic rings. The molecule has 0 unspecified atom stereocenters. The molecule has 1 aliphatic carbocycles. The number of benzene rings is 1. The Bertz CT molecular complexity index is 665. The lowest BCUT2D eigenvalue weighted by atomic mass is 10.1. The zero-order valence-corrected chi connectivity index (χ0v) is 10.3. The highest BCUT2D eigenvalue weighted by molar-refractivity contribution is 6.10. The molecule has 5 nitrogen and oxygen atoms in total. The first-order valence-electron chi connectivity index (χ1n) is 5.90. The summed E-state index contributed by atoms with van der Waals surface area (Å²) >= 11 is 0. The van der Waals surface area contributed by atoms with Gasteiger partial charge in [0.2, 0.25) is 5.71 Å². The SMILES string of the molecule is Cc1ccc2c(c1)NC(=C1C=CC=CC1=[N+]([O-])[O-])N2. The minimum atomic E-state index is -0.375. The smallest absolute Gasteiger partial charge is 0.233 e. The van der Waals surface area contributed by atoms with Crippen LogP contribution < -0.4 is 10.6 Å². The fourth-order valence-electron chi connectivity index (χ4n) is 2.15. The van der Waals surface area contributed by atoms with E-state index in [-0.39, 0.29) is 10.6 Å². The second kappa shape index (κ2) is 4.20. The van der Waals surface area contributed by atoms with Gasteiger partial charge in [-0.15, -0.1) is 0 Å². The van der Waals surface area contributed by atoms with E-state index in [1.165, 1.54) is 6.08 Å². The van der Waals surface area contributed by atoms with Gasteiger partial charge >= 0.3 is 0 Å². The van der Waals surface area contributed by atoms with E-state index in [1.807, 2.05) is 25.1 Å². The van der Waals surface area contributed by atoms with Crippen LogP contribution in [-0.4, -0.2) is 10.6 Å². The van der Waals surface area contributed by atoms with Crippen LogP contribution in [0.25, 0.3) is 0 Å². The molecule has 1 heterocycles. The number of anilines is 2. The molecule has 1 aromatic carbocycles. The molecule has 0 fully saturated rings. The number of hydrogen-bond acceptors (Lipinski definition) is 4. The summed E-state index contributed by atoms with van der Waals surface area (Å²) in [6.07, 6.45) is 6.67. The maximum absolute atomic E-state index is 11.0. The molecule has 1 aliphatic heterocycles. The second-order valence-corrected chi connectivity index (χ2v) is 4.45. The number of allylic oxidation sites excluding steroid dienone is 5. The van der Waals surface area contributed by atoms with Crippen LogP contribution in [0.4, 0.5) is 11.4 Å². The van der Waals surface area contributed by atoms with Crippen molar-refractivity contribution in [2.24, 2.45) is 0 Å². The lowest BCUT2D eigenvalue weighted by molar-refractivity contribution is -0.377. The van der Waals surface area contributed by atoms with Gasteiger partial charge in [-0.1, -0.05) is 18.2 Å². The summed E-state index contributed by atoms with van der Waals surface area (Å²) in [5.41, 5.74) is 3.65. The maximum atomic E-state index is 11.0. The molecule has 0 amide bonds. The molecule has 2 N–H and O–H groups in total. The number of aryl methyl sites for hydroxylation is 1. The van der Waals surface area contributed by atoms with Crippen LogP contribution in [0, 0.1) is 17.3 Å². The number of nitrogens with zero attached hydrogens (tertiary/aromatic N) is 1. The van der Waals surface area contributed by atoms with Gasteiger partial charge in [0.1, 0.15) is 5.82 Å². The van der Waals surface area contributed by atoms with E-state index in [0.717, 1.165) is 16.9 Å². The van der Waals surface area contributed by atoms with Gasteiger partial charge in [0.05, 0.1) is 16.9 Å². The first-order valence-corrected chi connectivity index (χ1v) is 5.90. The van der Waals surface area contributed by atoms with Gasteiger partial charge < -0.3 is 21.0 Å². The summed E-state index contributed by atoms with van der Waals surface area (Å²) in [6, 6.07) is 5.96. The van der Waals surface area contributed by atoms with Crippen LogP contribution in [0.3, 0.4) is 0 Å². The van der Waals surface area contributed by atoms with Gasteiger partial charge in [-0.25, -0.2) is 0 Å². The molecule has 19 heavy (non-hydrogen) atoms. The first kappa shape index (κ1) is 11.4. The summed E-state index contributed by atoms with van der Waals surface area (Å²) < 4.78 is 0. The summed E-state index contributed by atoms with van der Waals surface area (Å²) in [7, 11) is 0. The standard InChI is InChI=1S/C14H12N3O2/c1-9-6-7-11-12(8-9)16-14(15-11)10-4-2-3-5-13(10)17(18)19/h2-8,15-16H,1H3/q-1. The average molecular weight is 254 g/mol. The third kappa shape index (κ3) is 1.95. The van der Waals surface area contributed by atoms with Crippen molar-refractivity contribution in [2.45, 2.75) is 6.92 Å². The molecule has 0 aromatic heterocycles. The van der Waals surface area contributed by atoms with Crippen LogP contribution >= 0.6 is 0 Å². The van der Waals surface area contributed by atoms with Crippen molar-refractivity contribution in [1.82, 2.24) is 0 Å². The van der Waals surface area contributed by atoms with Crippen LogP contribution in [0.5, 0.6) is 0 Å². The molecule has 0 atom stereocenters. The van der Waals surface area contributed by atoms with E-state index in [9.17, 15) is 10.4 Å². The molecule has 0 bridgehead atoms. The van der Waals surface area contributed by atoms with E-state index in [1.54, 1.807) is 18.2 Å². The van der Waals surface area contributed by atoms with Gasteiger partial charge in [0.15, 0.2) is 0 Å². The van der Waals surface area contributed by atoms with Gasteiger partial charge in [-0.05, 0) is 30.7 Å². The molecule has 0 radical (unpaired) electrons. The third-order valence-corrected chi connectivity index (χ3v) is 3.06. The highest BCUT2D eigenvalue weighted by Crippen LogP contribution is 2.33. The summed E-state index contributed by atoms with van der Waals surface area (Å²) in [6.45, 7) is 2.00. The number of fused-ring (bicyclic) bond motifs is 1. The highest BCUT2D eigenvalue weighted by Gasteiger charge is 2.22. The van der Waals surface area contributed by atoms with Gasteiger partial charge in [-0.3, -0.25) is 0 Å². The molecule has 96 valence electrons. The average Bonchev–Trinajstić information content (AvgIpc) is 2.81. The van der Waals surface area contributed by atoms with E-state index < -0.39 is 0 Å². The molecule has 0 saturated heterocycles. The van der Waals surface area contributed by atoms with E-state index in [4.69, 9.17) is 0 Å². The largest absolute Gasteiger partial charge is 0.612 e. The monoisotopic (exact) mass is 254 g/mol. The Morgan fingerprint density at radius 1 is 1.00 bits per heavy atom. The fraction of sp³-hybridized carbons (Fsp3) is 0.0714. The normalized spacial score (nSPS) is 19.9. The quantitative estimate of drug-likeness (QED) is 0.551. The zero-order valence-electron chi connectivity index (χ0n) is 10.3. The molecule has 5 heteroatoms. The van der Waals surface area contributed by atoms with Crippen molar-refractivity contribution >= 4 is 17.1 Å². The number of nitrogens with one attached hydrogen (secondary N) is 2. The molecule has 0 spiro atoms. The van der Waals surface area contributed by atoms with Crippen molar-refractivity contribution in [1.29, 1.82) is 0 Å². The fourth-order valence-corrected chi connectivity index (χ4v) is 2.15. The number of rotatable bonds is 0. The summed E-state index contributed by atoms with van der Waals surface area (Å²) in [5, 5.41) is 28.4. The molecular formula is C14H12N3O2-. The second-order valence-electron chi connectivity index (χ2n) is 4.45. The van der Waals surface area contributed by atoms with Crippen LogP contribution in [0.2, 0.25) is 0 Å². The van der Waals surface area contributed by atoms with Crippen molar-refractivity contribution < 1.29 is 4.90 Å². The minimum Gasteiger partial charge on any atom is -0.612 e. The van der Waals surface area contributed by atoms with Gasteiger partial charge in [0.25, 0.3) is 0 Å². The Morgan fingerprint density at radius 2 is 1.74 bits per heavy atom. The van der Waals surface area contributed by atoms with Crippen molar-refractivity contribution in [3.63, 3.8) is 0 Å². The molecule has 2 aliphatic rings. The van der Waals surface area contributed by atoms with E-state index in [2.05, 4.69) is 10.6 Å². The van der Waals surface area contributed by atoms with Crippen LogP contribution in [0.15, 0.2) is 53.9 Å². The van der Waals surface area contributed by atoms with Crippen molar-refractivity contribution in [3.8, 4) is 0 Å². The van der Waals surface area contributed by atoms with Gasteiger partial charge in [-0.2, -0.15) is 4.90 Å². The van der Waals surface area contributed by atoms with Gasteiger partial charge in [0, 0.05) is 6.08 Å². The minimum absolute atomic E-state index is 0.0852. The lowest BCUT2D eigenvalue weighted by Gasteiger charge is -2.13. The Kier molecular flexibility index (Phi) is 2.52. The third-order valence-electron chi connectivity index (χ3n) is 3.06. The Hall–Kier alpha value is -2.69.